The first-order valence-electron chi connectivity index (χ1n) is 6.64. The maximum atomic E-state index is 11.7. The second-order valence-corrected chi connectivity index (χ2v) is 5.82. The third-order valence-electron chi connectivity index (χ3n) is 2.73. The van der Waals surface area contributed by atoms with Gasteiger partial charge < -0.3 is 10.6 Å². The monoisotopic (exact) mass is 289 g/mol. The first-order chi connectivity index (χ1) is 9.56. The highest BCUT2D eigenvalue weighted by Gasteiger charge is 2.14. The van der Waals surface area contributed by atoms with Crippen molar-refractivity contribution in [2.75, 3.05) is 0 Å². The topological polar surface area (TPSA) is 54.0 Å². The van der Waals surface area contributed by atoms with Gasteiger partial charge in [0.05, 0.1) is 11.7 Å². The van der Waals surface area contributed by atoms with Gasteiger partial charge in [-0.2, -0.15) is 0 Å². The molecule has 1 atom stereocenters. The van der Waals surface area contributed by atoms with Crippen LogP contribution in [-0.2, 0) is 0 Å². The summed E-state index contributed by atoms with van der Waals surface area (Å²) in [5.41, 5.74) is 2.04. The summed E-state index contributed by atoms with van der Waals surface area (Å²) in [4.78, 5) is 16.3. The third kappa shape index (κ3) is 3.81. The van der Waals surface area contributed by atoms with Gasteiger partial charge in [-0.25, -0.2) is 9.78 Å². The molecule has 4 nitrogen and oxygen atoms in total. The number of carbonyl (C=O) groups is 1. The lowest BCUT2D eigenvalue weighted by atomic mass is 10.2. The number of nitrogens with zero attached hydrogens (tertiary/aromatic N) is 1. The minimum atomic E-state index is -0.163. The number of hydrogen-bond donors (Lipinski definition) is 2. The van der Waals surface area contributed by atoms with Gasteiger partial charge in [-0.3, -0.25) is 0 Å². The van der Waals surface area contributed by atoms with Gasteiger partial charge in [0.2, 0.25) is 0 Å². The number of aromatic nitrogens is 1. The van der Waals surface area contributed by atoms with E-state index in [1.807, 2.05) is 56.5 Å². The van der Waals surface area contributed by atoms with Crippen LogP contribution in [0.25, 0.3) is 11.3 Å². The van der Waals surface area contributed by atoms with Crippen LogP contribution in [0.1, 0.15) is 31.8 Å². The summed E-state index contributed by atoms with van der Waals surface area (Å²) >= 11 is 1.56. The Morgan fingerprint density at radius 3 is 2.50 bits per heavy atom. The molecule has 1 aromatic carbocycles. The molecule has 0 aliphatic rings. The molecule has 2 N–H and O–H groups in total. The molecule has 0 bridgehead atoms. The van der Waals surface area contributed by atoms with Crippen molar-refractivity contribution in [2.45, 2.75) is 32.9 Å². The summed E-state index contributed by atoms with van der Waals surface area (Å²) in [7, 11) is 0. The van der Waals surface area contributed by atoms with E-state index in [0.29, 0.717) is 0 Å². The fraction of sp³-hybridized carbons (Fsp3) is 0.333. The van der Waals surface area contributed by atoms with Gasteiger partial charge in [0, 0.05) is 17.0 Å². The van der Waals surface area contributed by atoms with Gasteiger partial charge in [-0.15, -0.1) is 11.3 Å². The van der Waals surface area contributed by atoms with Crippen molar-refractivity contribution in [1.29, 1.82) is 0 Å². The summed E-state index contributed by atoms with van der Waals surface area (Å²) in [5.74, 6) is 0. The first kappa shape index (κ1) is 14.5. The smallest absolute Gasteiger partial charge is 0.315 e. The van der Waals surface area contributed by atoms with E-state index in [1.165, 1.54) is 0 Å². The predicted octanol–water partition coefficient (Wildman–Crippen LogP) is 3.58. The highest BCUT2D eigenvalue weighted by molar-refractivity contribution is 7.10. The lowest BCUT2D eigenvalue weighted by molar-refractivity contribution is 0.235. The van der Waals surface area contributed by atoms with Crippen LogP contribution in [0.3, 0.4) is 0 Å². The summed E-state index contributed by atoms with van der Waals surface area (Å²) in [6.45, 7) is 5.80. The molecule has 0 saturated carbocycles. The molecule has 0 radical (unpaired) electrons. The lowest BCUT2D eigenvalue weighted by Crippen LogP contribution is -2.40. The number of rotatable bonds is 4. The van der Waals surface area contributed by atoms with Crippen molar-refractivity contribution in [2.24, 2.45) is 0 Å². The molecule has 2 rings (SSSR count). The number of urea groups is 1. The van der Waals surface area contributed by atoms with Crippen molar-refractivity contribution in [3.63, 3.8) is 0 Å². The molecule has 5 heteroatoms. The van der Waals surface area contributed by atoms with E-state index in [1.54, 1.807) is 11.3 Å². The zero-order valence-electron chi connectivity index (χ0n) is 11.9. The zero-order chi connectivity index (χ0) is 14.5. The fourth-order valence-corrected chi connectivity index (χ4v) is 2.63. The molecular formula is C15H19N3OS. The second-order valence-electron chi connectivity index (χ2n) is 4.93. The number of hydrogen-bond acceptors (Lipinski definition) is 3. The Balaban J connectivity index is 2.03. The molecule has 20 heavy (non-hydrogen) atoms. The SMILES string of the molecule is CC(C)NC(=O)NC(C)c1nc(-c2ccccc2)cs1. The molecule has 0 saturated heterocycles. The molecule has 1 heterocycles. The van der Waals surface area contributed by atoms with Crippen LogP contribution in [0.2, 0.25) is 0 Å². The summed E-state index contributed by atoms with van der Waals surface area (Å²) in [5, 5.41) is 8.62. The minimum Gasteiger partial charge on any atom is -0.336 e. The molecule has 2 aromatic rings. The van der Waals surface area contributed by atoms with Gasteiger partial charge in [-0.1, -0.05) is 30.3 Å². The van der Waals surface area contributed by atoms with Crippen molar-refractivity contribution >= 4 is 17.4 Å². The van der Waals surface area contributed by atoms with Crippen LogP contribution < -0.4 is 10.6 Å². The van der Waals surface area contributed by atoms with E-state index in [-0.39, 0.29) is 18.1 Å². The van der Waals surface area contributed by atoms with Crippen LogP contribution in [0.15, 0.2) is 35.7 Å². The van der Waals surface area contributed by atoms with Crippen LogP contribution in [-0.4, -0.2) is 17.1 Å². The number of amides is 2. The standard InChI is InChI=1S/C15H19N3OS/c1-10(2)16-15(19)17-11(3)14-18-13(9-20-14)12-7-5-4-6-8-12/h4-11H,1-3H3,(H2,16,17,19). The Hall–Kier alpha value is -1.88. The molecule has 0 aliphatic heterocycles. The van der Waals surface area contributed by atoms with E-state index in [4.69, 9.17) is 0 Å². The van der Waals surface area contributed by atoms with Gasteiger partial charge in [0.1, 0.15) is 5.01 Å². The summed E-state index contributed by atoms with van der Waals surface area (Å²) in [6.07, 6.45) is 0. The quantitative estimate of drug-likeness (QED) is 0.904. The van der Waals surface area contributed by atoms with Crippen LogP contribution in [0.4, 0.5) is 4.79 Å². The molecular weight excluding hydrogens is 270 g/mol. The van der Waals surface area contributed by atoms with Crippen molar-refractivity contribution < 1.29 is 4.79 Å². The Labute approximate surface area is 123 Å². The van der Waals surface area contributed by atoms with Crippen molar-refractivity contribution in [1.82, 2.24) is 15.6 Å². The molecule has 0 fully saturated rings. The summed E-state index contributed by atoms with van der Waals surface area (Å²) < 4.78 is 0. The fourth-order valence-electron chi connectivity index (χ4n) is 1.79. The van der Waals surface area contributed by atoms with Gasteiger partial charge >= 0.3 is 6.03 Å². The Bertz CT molecular complexity index is 566. The average Bonchev–Trinajstić information content (AvgIpc) is 2.88. The van der Waals surface area contributed by atoms with Crippen molar-refractivity contribution in [3.05, 3.63) is 40.7 Å². The van der Waals surface area contributed by atoms with Crippen LogP contribution in [0, 0.1) is 0 Å². The van der Waals surface area contributed by atoms with E-state index < -0.39 is 0 Å². The second kappa shape index (κ2) is 6.52. The minimum absolute atomic E-state index is 0.101. The Morgan fingerprint density at radius 2 is 1.85 bits per heavy atom. The Morgan fingerprint density at radius 1 is 1.15 bits per heavy atom. The lowest BCUT2D eigenvalue weighted by Gasteiger charge is -2.14. The maximum absolute atomic E-state index is 11.7. The molecule has 0 spiro atoms. The van der Waals surface area contributed by atoms with Crippen LogP contribution >= 0.6 is 11.3 Å². The van der Waals surface area contributed by atoms with Crippen LogP contribution in [0.5, 0.6) is 0 Å². The third-order valence-corrected chi connectivity index (χ3v) is 3.76. The molecule has 2 amide bonds. The largest absolute Gasteiger partial charge is 0.336 e. The maximum Gasteiger partial charge on any atom is 0.315 e. The number of thiazole rings is 1. The zero-order valence-corrected chi connectivity index (χ0v) is 12.7. The molecule has 1 aromatic heterocycles. The van der Waals surface area contributed by atoms with Crippen molar-refractivity contribution in [3.8, 4) is 11.3 Å². The highest BCUT2D eigenvalue weighted by Crippen LogP contribution is 2.25. The predicted molar refractivity (Wildman–Crippen MR) is 82.8 cm³/mol. The van der Waals surface area contributed by atoms with E-state index >= 15 is 0 Å². The molecule has 1 unspecified atom stereocenters. The molecule has 106 valence electrons. The first-order valence-corrected chi connectivity index (χ1v) is 7.52. The number of benzene rings is 1. The number of carbonyl (C=O) groups excluding carboxylic acids is 1. The van der Waals surface area contributed by atoms with E-state index in [2.05, 4.69) is 15.6 Å². The summed E-state index contributed by atoms with van der Waals surface area (Å²) in [6, 6.07) is 9.89. The normalized spacial score (nSPS) is 12.2. The highest BCUT2D eigenvalue weighted by atomic mass is 32.1. The van der Waals surface area contributed by atoms with E-state index in [9.17, 15) is 4.79 Å². The van der Waals surface area contributed by atoms with E-state index in [0.717, 1.165) is 16.3 Å². The number of nitrogens with one attached hydrogen (secondary N) is 2. The van der Waals surface area contributed by atoms with Gasteiger partial charge in [0.15, 0.2) is 0 Å². The average molecular weight is 289 g/mol. The van der Waals surface area contributed by atoms with Gasteiger partial charge in [-0.05, 0) is 20.8 Å². The molecule has 0 aliphatic carbocycles. The Kier molecular flexibility index (Phi) is 4.74. The van der Waals surface area contributed by atoms with Gasteiger partial charge in [0.25, 0.3) is 0 Å².